The molecule has 2 amide bonds. The lowest BCUT2D eigenvalue weighted by Gasteiger charge is -2.19. The van der Waals surface area contributed by atoms with E-state index in [0.29, 0.717) is 12.8 Å². The molecule has 5 nitrogen and oxygen atoms in total. The third-order valence-electron chi connectivity index (χ3n) is 3.47. The molecule has 1 saturated heterocycles. The normalized spacial score (nSPS) is 19.8. The van der Waals surface area contributed by atoms with E-state index < -0.39 is 0 Å². The molecule has 2 unspecified atom stereocenters. The summed E-state index contributed by atoms with van der Waals surface area (Å²) >= 11 is 0. The lowest BCUT2D eigenvalue weighted by Crippen LogP contribution is -2.39. The number of piperidine rings is 1. The maximum atomic E-state index is 11.9. The Balaban J connectivity index is 2.10. The van der Waals surface area contributed by atoms with Crippen molar-refractivity contribution in [3.8, 4) is 0 Å². The van der Waals surface area contributed by atoms with Crippen molar-refractivity contribution in [1.29, 1.82) is 0 Å². The van der Waals surface area contributed by atoms with E-state index in [4.69, 9.17) is 0 Å². The molecule has 1 aliphatic heterocycles. The van der Waals surface area contributed by atoms with Crippen LogP contribution in [0.4, 0.5) is 0 Å². The van der Waals surface area contributed by atoms with Crippen LogP contribution in [0.3, 0.4) is 0 Å². The monoisotopic (exact) mass is 275 g/mol. The van der Waals surface area contributed by atoms with Crippen molar-refractivity contribution >= 4 is 37.3 Å². The van der Waals surface area contributed by atoms with Gasteiger partial charge in [0.15, 0.2) is 0 Å². The van der Waals surface area contributed by atoms with Crippen molar-refractivity contribution in [1.82, 2.24) is 15.1 Å². The van der Waals surface area contributed by atoms with Gasteiger partial charge in [-0.25, -0.2) is 0 Å². The minimum absolute atomic E-state index is 0.200. The van der Waals surface area contributed by atoms with Gasteiger partial charge in [0.2, 0.25) is 11.8 Å². The highest BCUT2D eigenvalue weighted by Crippen LogP contribution is 2.29. The van der Waals surface area contributed by atoms with Gasteiger partial charge in [0.05, 0.1) is 17.1 Å². The zero-order valence-corrected chi connectivity index (χ0v) is 11.7. The van der Waals surface area contributed by atoms with Gasteiger partial charge in [-0.1, -0.05) is 12.1 Å². The first-order valence-electron chi connectivity index (χ1n) is 6.12. The van der Waals surface area contributed by atoms with Gasteiger partial charge in [-0.2, -0.15) is 5.10 Å². The summed E-state index contributed by atoms with van der Waals surface area (Å²) in [4.78, 5) is 23.1. The molecule has 1 aliphatic rings. The van der Waals surface area contributed by atoms with E-state index in [2.05, 4.69) is 19.7 Å². The second-order valence-corrected chi connectivity index (χ2v) is 5.46. The van der Waals surface area contributed by atoms with Gasteiger partial charge < -0.3 is 0 Å². The zero-order chi connectivity index (χ0) is 13.6. The van der Waals surface area contributed by atoms with Gasteiger partial charge in [-0.3, -0.25) is 19.6 Å². The number of nitrogens with one attached hydrogen (secondary N) is 1. The molecule has 2 aromatic rings. The Morgan fingerprint density at radius 1 is 1.42 bits per heavy atom. The van der Waals surface area contributed by atoms with Crippen LogP contribution in [-0.4, -0.2) is 21.6 Å². The first-order valence-corrected chi connectivity index (χ1v) is 6.70. The minimum Gasteiger partial charge on any atom is -0.296 e. The smallest absolute Gasteiger partial charge is 0.235 e. The maximum absolute atomic E-state index is 11.9. The molecule has 0 saturated carbocycles. The third kappa shape index (κ3) is 2.04. The number of carbonyl (C=O) groups excluding carboxylic acids is 2. The Morgan fingerprint density at radius 2 is 2.21 bits per heavy atom. The molecule has 2 atom stereocenters. The summed E-state index contributed by atoms with van der Waals surface area (Å²) in [6.45, 7) is 0. The summed E-state index contributed by atoms with van der Waals surface area (Å²) in [6, 6.07) is 5.97. The number of fused-ring (bicyclic) bond motifs is 1. The largest absolute Gasteiger partial charge is 0.296 e. The molecule has 2 heterocycles. The molecule has 0 aliphatic carbocycles. The highest BCUT2D eigenvalue weighted by Gasteiger charge is 2.31. The Hall–Kier alpha value is -1.74. The number of amides is 2. The summed E-state index contributed by atoms with van der Waals surface area (Å²) in [5.74, 6) is -0.781. The predicted molar refractivity (Wildman–Crippen MR) is 75.2 cm³/mol. The number of benzene rings is 1. The fourth-order valence-corrected chi connectivity index (χ4v) is 2.77. The fraction of sp³-hybridized carbons (Fsp3) is 0.308. The number of imide groups is 1. The molecule has 0 spiro atoms. The number of hydrogen-bond acceptors (Lipinski definition) is 3. The van der Waals surface area contributed by atoms with E-state index in [1.165, 1.54) is 0 Å². The van der Waals surface area contributed by atoms with Crippen LogP contribution in [0, 0.1) is 0 Å². The van der Waals surface area contributed by atoms with Gasteiger partial charge in [0.25, 0.3) is 0 Å². The van der Waals surface area contributed by atoms with E-state index in [9.17, 15) is 9.59 Å². The molecule has 3 rings (SSSR count). The van der Waals surface area contributed by atoms with Gasteiger partial charge in [-0.05, 0) is 17.8 Å². The number of aromatic nitrogens is 2. The number of rotatable bonds is 1. The lowest BCUT2D eigenvalue weighted by molar-refractivity contribution is -0.134. The fourth-order valence-electron chi connectivity index (χ4n) is 2.51. The highest BCUT2D eigenvalue weighted by molar-refractivity contribution is 7.27. The van der Waals surface area contributed by atoms with Crippen molar-refractivity contribution < 1.29 is 9.59 Å². The Kier molecular flexibility index (Phi) is 2.86. The predicted octanol–water partition coefficient (Wildman–Crippen LogP) is 0.594. The average molecular weight is 275 g/mol. The topological polar surface area (TPSA) is 64.0 Å². The summed E-state index contributed by atoms with van der Waals surface area (Å²) in [5, 5.41) is 8.90. The Morgan fingerprint density at radius 3 is 2.95 bits per heavy atom. The van der Waals surface area contributed by atoms with Gasteiger partial charge in [0.1, 0.15) is 0 Å². The van der Waals surface area contributed by atoms with Gasteiger partial charge >= 0.3 is 0 Å². The first kappa shape index (κ1) is 12.3. The standard InChI is InChI=1S/C13H14N3O2P/c1-16-10-6-7(19)2-3-8(10)12(15-16)9-4-5-11(17)14-13(9)18/h2-3,6,9H,4-5,19H2,1H3,(H,14,17,18). The third-order valence-corrected chi connectivity index (χ3v) is 3.83. The summed E-state index contributed by atoms with van der Waals surface area (Å²) in [6.07, 6.45) is 0.898. The van der Waals surface area contributed by atoms with Crippen LogP contribution in [0.1, 0.15) is 24.5 Å². The van der Waals surface area contributed by atoms with Crippen LogP contribution in [-0.2, 0) is 16.6 Å². The maximum Gasteiger partial charge on any atom is 0.235 e. The van der Waals surface area contributed by atoms with Crippen molar-refractivity contribution in [2.24, 2.45) is 7.05 Å². The van der Waals surface area contributed by atoms with E-state index >= 15 is 0 Å². The van der Waals surface area contributed by atoms with Crippen LogP contribution in [0.25, 0.3) is 10.9 Å². The van der Waals surface area contributed by atoms with E-state index in [1.807, 2.05) is 25.2 Å². The molecule has 0 bridgehead atoms. The van der Waals surface area contributed by atoms with Gasteiger partial charge in [-0.15, -0.1) is 9.24 Å². The summed E-state index contributed by atoms with van der Waals surface area (Å²) < 4.78 is 1.78. The molecule has 0 radical (unpaired) electrons. The Bertz CT molecular complexity index is 692. The van der Waals surface area contributed by atoms with Crippen molar-refractivity contribution in [3.05, 3.63) is 23.9 Å². The van der Waals surface area contributed by atoms with E-state index in [-0.39, 0.29) is 17.7 Å². The molecule has 1 N–H and O–H groups in total. The van der Waals surface area contributed by atoms with Crippen LogP contribution < -0.4 is 10.6 Å². The summed E-state index contributed by atoms with van der Waals surface area (Å²) in [7, 11) is 4.51. The second-order valence-electron chi connectivity index (χ2n) is 4.79. The first-order chi connectivity index (χ1) is 9.06. The van der Waals surface area contributed by atoms with Crippen LogP contribution in [0.2, 0.25) is 0 Å². The molecular weight excluding hydrogens is 261 g/mol. The summed E-state index contributed by atoms with van der Waals surface area (Å²) in [5.41, 5.74) is 1.75. The zero-order valence-electron chi connectivity index (χ0n) is 10.5. The van der Waals surface area contributed by atoms with Crippen LogP contribution >= 0.6 is 9.24 Å². The van der Waals surface area contributed by atoms with E-state index in [0.717, 1.165) is 21.9 Å². The van der Waals surface area contributed by atoms with Crippen molar-refractivity contribution in [3.63, 3.8) is 0 Å². The minimum atomic E-state index is -0.336. The number of aryl methyl sites for hydroxylation is 1. The van der Waals surface area contributed by atoms with Gasteiger partial charge in [0, 0.05) is 18.9 Å². The number of carbonyl (C=O) groups is 2. The molecule has 1 aromatic heterocycles. The quantitative estimate of drug-likeness (QED) is 0.612. The molecule has 6 heteroatoms. The van der Waals surface area contributed by atoms with Crippen molar-refractivity contribution in [2.45, 2.75) is 18.8 Å². The molecule has 19 heavy (non-hydrogen) atoms. The molecule has 98 valence electrons. The van der Waals surface area contributed by atoms with Crippen LogP contribution in [0.5, 0.6) is 0 Å². The SMILES string of the molecule is Cn1nc(C2CCC(=O)NC2=O)c2ccc(P)cc21. The Labute approximate surface area is 112 Å². The van der Waals surface area contributed by atoms with E-state index in [1.54, 1.807) is 4.68 Å². The van der Waals surface area contributed by atoms with Crippen LogP contribution in [0.15, 0.2) is 18.2 Å². The molecule has 1 aromatic carbocycles. The second kappa shape index (κ2) is 4.42. The lowest BCUT2D eigenvalue weighted by atomic mass is 9.93. The highest BCUT2D eigenvalue weighted by atomic mass is 31.0. The molecule has 1 fully saturated rings. The molecular formula is C13H14N3O2P. The van der Waals surface area contributed by atoms with Crippen molar-refractivity contribution in [2.75, 3.05) is 0 Å². The average Bonchev–Trinajstić information content (AvgIpc) is 2.66. The number of hydrogen-bond donors (Lipinski definition) is 1. The number of nitrogens with zero attached hydrogens (tertiary/aromatic N) is 2.